The molecule has 1 saturated heterocycles. The number of aromatic nitrogens is 3. The highest BCUT2D eigenvalue weighted by molar-refractivity contribution is 6.00. The van der Waals surface area contributed by atoms with E-state index in [1.165, 1.54) is 0 Å². The average molecular weight is 565 g/mol. The van der Waals surface area contributed by atoms with Crippen LogP contribution in [-0.4, -0.2) is 51.1 Å². The summed E-state index contributed by atoms with van der Waals surface area (Å²) in [6, 6.07) is 21.3. The SMILES string of the molecule is Cc1ccc(-n2nc(C(C)(C)C)cc2NC(=O)Nc2ccccc2CC2CCN(CC(=O)c3ccncc3)CC2)cc1. The molecule has 5 rings (SSSR count). The molecule has 2 aromatic heterocycles. The van der Waals surface area contributed by atoms with E-state index in [1.807, 2.05) is 55.5 Å². The van der Waals surface area contributed by atoms with E-state index in [1.54, 1.807) is 29.2 Å². The number of anilines is 2. The zero-order valence-electron chi connectivity index (χ0n) is 24.9. The van der Waals surface area contributed by atoms with Gasteiger partial charge in [0.05, 0.1) is 17.9 Å². The number of rotatable bonds is 8. The summed E-state index contributed by atoms with van der Waals surface area (Å²) in [6.07, 6.45) is 6.21. The number of urea groups is 1. The molecule has 2 amide bonds. The van der Waals surface area contributed by atoms with Crippen molar-refractivity contribution < 1.29 is 9.59 Å². The van der Waals surface area contributed by atoms with Gasteiger partial charge in [-0.1, -0.05) is 56.7 Å². The fourth-order valence-electron chi connectivity index (χ4n) is 5.30. The molecule has 8 nitrogen and oxygen atoms in total. The molecule has 218 valence electrons. The van der Waals surface area contributed by atoms with Crippen LogP contribution in [0.1, 0.15) is 60.8 Å². The molecule has 42 heavy (non-hydrogen) atoms. The van der Waals surface area contributed by atoms with Crippen LogP contribution in [0, 0.1) is 12.8 Å². The Morgan fingerprint density at radius 2 is 1.62 bits per heavy atom. The predicted molar refractivity (Wildman–Crippen MR) is 168 cm³/mol. The highest BCUT2D eigenvalue weighted by Crippen LogP contribution is 2.28. The van der Waals surface area contributed by atoms with Crippen LogP contribution in [-0.2, 0) is 11.8 Å². The lowest BCUT2D eigenvalue weighted by molar-refractivity contribution is 0.0895. The summed E-state index contributed by atoms with van der Waals surface area (Å²) in [6.45, 7) is 10.6. The zero-order valence-corrected chi connectivity index (χ0v) is 24.9. The van der Waals surface area contributed by atoms with Gasteiger partial charge in [0.25, 0.3) is 0 Å². The third-order valence-electron chi connectivity index (χ3n) is 7.85. The predicted octanol–water partition coefficient (Wildman–Crippen LogP) is 6.65. The monoisotopic (exact) mass is 564 g/mol. The molecule has 1 aliphatic rings. The first-order chi connectivity index (χ1) is 20.2. The number of ketones is 1. The van der Waals surface area contributed by atoms with Gasteiger partial charge in [-0.25, -0.2) is 9.48 Å². The number of carbonyl (C=O) groups is 2. The molecular weight excluding hydrogens is 524 g/mol. The molecule has 4 aromatic rings. The number of nitrogens with zero attached hydrogens (tertiary/aromatic N) is 4. The summed E-state index contributed by atoms with van der Waals surface area (Å²) >= 11 is 0. The maximum absolute atomic E-state index is 13.3. The van der Waals surface area contributed by atoms with E-state index in [-0.39, 0.29) is 17.2 Å². The highest BCUT2D eigenvalue weighted by Gasteiger charge is 2.24. The van der Waals surface area contributed by atoms with Crippen molar-refractivity contribution in [2.45, 2.75) is 52.4 Å². The maximum Gasteiger partial charge on any atom is 0.324 e. The molecule has 0 radical (unpaired) electrons. The molecule has 0 aliphatic carbocycles. The number of piperidine rings is 1. The van der Waals surface area contributed by atoms with Crippen LogP contribution in [0.15, 0.2) is 79.1 Å². The lowest BCUT2D eigenvalue weighted by Gasteiger charge is -2.31. The number of para-hydroxylation sites is 1. The quantitative estimate of drug-likeness (QED) is 0.234. The number of nitrogens with one attached hydrogen (secondary N) is 2. The molecule has 1 aliphatic heterocycles. The van der Waals surface area contributed by atoms with Gasteiger partial charge in [0.15, 0.2) is 5.78 Å². The van der Waals surface area contributed by atoms with E-state index < -0.39 is 0 Å². The van der Waals surface area contributed by atoms with Gasteiger partial charge < -0.3 is 5.32 Å². The van der Waals surface area contributed by atoms with Gasteiger partial charge in [-0.15, -0.1) is 0 Å². The van der Waals surface area contributed by atoms with Gasteiger partial charge in [0, 0.05) is 35.1 Å². The van der Waals surface area contributed by atoms with Crippen molar-refractivity contribution in [3.8, 4) is 5.69 Å². The second-order valence-corrected chi connectivity index (χ2v) is 12.2. The van der Waals surface area contributed by atoms with Crippen molar-refractivity contribution in [2.24, 2.45) is 5.92 Å². The van der Waals surface area contributed by atoms with E-state index >= 15 is 0 Å². The molecule has 0 atom stereocenters. The average Bonchev–Trinajstić information content (AvgIpc) is 3.40. The Labute approximate surface area is 248 Å². The molecule has 0 saturated carbocycles. The minimum absolute atomic E-state index is 0.134. The van der Waals surface area contributed by atoms with Gasteiger partial charge in [-0.2, -0.15) is 5.10 Å². The number of likely N-dealkylation sites (tertiary alicyclic amines) is 1. The molecule has 0 spiro atoms. The lowest BCUT2D eigenvalue weighted by atomic mass is 9.89. The number of carbonyl (C=O) groups excluding carboxylic acids is 2. The van der Waals surface area contributed by atoms with Crippen molar-refractivity contribution in [3.63, 3.8) is 0 Å². The number of amides is 2. The largest absolute Gasteiger partial charge is 0.324 e. The molecule has 1 fully saturated rings. The van der Waals surface area contributed by atoms with E-state index in [0.717, 1.165) is 60.5 Å². The Morgan fingerprint density at radius 1 is 0.929 bits per heavy atom. The number of Topliss-reactive ketones (excluding diaryl/α,β-unsaturated/α-hetero) is 1. The van der Waals surface area contributed by atoms with Crippen LogP contribution in [0.5, 0.6) is 0 Å². The summed E-state index contributed by atoms with van der Waals surface area (Å²) < 4.78 is 1.79. The molecule has 8 heteroatoms. The van der Waals surface area contributed by atoms with Crippen molar-refractivity contribution in [1.82, 2.24) is 19.7 Å². The summed E-state index contributed by atoms with van der Waals surface area (Å²) in [5.41, 5.74) is 5.41. The van der Waals surface area contributed by atoms with Crippen LogP contribution >= 0.6 is 0 Å². The molecule has 0 bridgehead atoms. The lowest BCUT2D eigenvalue weighted by Crippen LogP contribution is -2.37. The van der Waals surface area contributed by atoms with Crippen molar-refractivity contribution in [1.29, 1.82) is 0 Å². The van der Waals surface area contributed by atoms with E-state index in [4.69, 9.17) is 5.10 Å². The zero-order chi connectivity index (χ0) is 29.7. The van der Waals surface area contributed by atoms with E-state index in [0.29, 0.717) is 23.8 Å². The summed E-state index contributed by atoms with van der Waals surface area (Å²) in [4.78, 5) is 32.1. The molecule has 3 heterocycles. The molecular formula is C34H40N6O2. The standard InChI is InChI=1S/C34H40N6O2/c1-24-9-11-28(12-10-24)40-32(22-31(38-40)34(2,3)4)37-33(42)36-29-8-6-5-7-27(29)21-25-15-19-39(20-16-25)23-30(41)26-13-17-35-18-14-26/h5-14,17-18,22,25H,15-16,19-21,23H2,1-4H3,(H2,36,37,42). The Kier molecular flexibility index (Phi) is 8.83. The number of hydrogen-bond acceptors (Lipinski definition) is 5. The van der Waals surface area contributed by atoms with Crippen molar-refractivity contribution >= 4 is 23.3 Å². The summed E-state index contributed by atoms with van der Waals surface area (Å²) in [7, 11) is 0. The Balaban J connectivity index is 1.22. The Morgan fingerprint density at radius 3 is 2.31 bits per heavy atom. The van der Waals surface area contributed by atoms with Crippen LogP contribution in [0.3, 0.4) is 0 Å². The Hall–Kier alpha value is -4.30. The second-order valence-electron chi connectivity index (χ2n) is 12.2. The topological polar surface area (TPSA) is 92.2 Å². The first kappa shape index (κ1) is 29.2. The highest BCUT2D eigenvalue weighted by atomic mass is 16.2. The first-order valence-electron chi connectivity index (χ1n) is 14.6. The first-order valence-corrected chi connectivity index (χ1v) is 14.6. The molecule has 2 N–H and O–H groups in total. The molecule has 0 unspecified atom stereocenters. The van der Waals surface area contributed by atoms with Crippen LogP contribution in [0.25, 0.3) is 5.69 Å². The minimum atomic E-state index is -0.305. The van der Waals surface area contributed by atoms with Gasteiger partial charge in [0.2, 0.25) is 0 Å². The maximum atomic E-state index is 13.3. The minimum Gasteiger partial charge on any atom is -0.307 e. The van der Waals surface area contributed by atoms with E-state index in [2.05, 4.69) is 47.4 Å². The number of hydrogen-bond donors (Lipinski definition) is 2. The van der Waals surface area contributed by atoms with Crippen LogP contribution in [0.4, 0.5) is 16.3 Å². The van der Waals surface area contributed by atoms with Gasteiger partial charge in [-0.3, -0.25) is 20.0 Å². The summed E-state index contributed by atoms with van der Waals surface area (Å²) in [5, 5.41) is 11.0. The van der Waals surface area contributed by atoms with Gasteiger partial charge in [-0.05, 0) is 81.1 Å². The van der Waals surface area contributed by atoms with Crippen molar-refractivity contribution in [2.75, 3.05) is 30.3 Å². The fraction of sp³-hybridized carbons (Fsp3) is 0.353. The van der Waals surface area contributed by atoms with Crippen LogP contribution < -0.4 is 10.6 Å². The summed E-state index contributed by atoms with van der Waals surface area (Å²) in [5.74, 6) is 1.24. The second kappa shape index (κ2) is 12.7. The molecule has 2 aromatic carbocycles. The third-order valence-corrected chi connectivity index (χ3v) is 7.85. The van der Waals surface area contributed by atoms with Crippen LogP contribution in [0.2, 0.25) is 0 Å². The number of pyridine rings is 1. The van der Waals surface area contributed by atoms with E-state index in [9.17, 15) is 9.59 Å². The fourth-order valence-corrected chi connectivity index (χ4v) is 5.30. The normalized spacial score (nSPS) is 14.5. The smallest absolute Gasteiger partial charge is 0.307 e. The Bertz CT molecular complexity index is 1510. The van der Waals surface area contributed by atoms with Gasteiger partial charge in [0.1, 0.15) is 5.82 Å². The number of aryl methyl sites for hydroxylation is 1. The third kappa shape index (κ3) is 7.31. The number of benzene rings is 2. The van der Waals surface area contributed by atoms with Gasteiger partial charge >= 0.3 is 6.03 Å². The van der Waals surface area contributed by atoms with Crippen molar-refractivity contribution in [3.05, 3.63) is 102 Å².